The number of hydrazone groups is 1. The fraction of sp³-hybridized carbons (Fsp3) is 0. The summed E-state index contributed by atoms with van der Waals surface area (Å²) in [5.41, 5.74) is 4.38. The average Bonchev–Trinajstić information content (AvgIpc) is 2.33. The third-order valence-corrected chi connectivity index (χ3v) is 2.10. The third-order valence-electron chi connectivity index (χ3n) is 2.10. The molecule has 2 rings (SSSR count). The Balaban J connectivity index is 2.03. The van der Waals surface area contributed by atoms with Gasteiger partial charge in [-0.15, -0.1) is 0 Å². The maximum atomic E-state index is 9.47. The van der Waals surface area contributed by atoms with E-state index < -0.39 is 0 Å². The average molecular weight is 212 g/mol. The first-order valence-electron chi connectivity index (χ1n) is 4.98. The molecule has 16 heavy (non-hydrogen) atoms. The number of nitrogens with one attached hydrogen (secondary N) is 1. The van der Waals surface area contributed by atoms with E-state index in [1.165, 1.54) is 0 Å². The molecule has 0 bridgehead atoms. The monoisotopic (exact) mass is 212 g/mol. The van der Waals surface area contributed by atoms with Crippen LogP contribution in [-0.4, -0.2) is 11.3 Å². The lowest BCUT2D eigenvalue weighted by molar-refractivity contribution is 0.477. The maximum Gasteiger partial charge on any atom is 0.140 e. The lowest BCUT2D eigenvalue weighted by Crippen LogP contribution is -1.90. The molecular weight excluding hydrogens is 200 g/mol. The second-order valence-electron chi connectivity index (χ2n) is 3.30. The van der Waals surface area contributed by atoms with Crippen LogP contribution in [0.3, 0.4) is 0 Å². The predicted octanol–water partition coefficient (Wildman–Crippen LogP) is 2.84. The highest BCUT2D eigenvalue weighted by atomic mass is 16.3. The minimum Gasteiger partial charge on any atom is -0.506 e. The van der Waals surface area contributed by atoms with E-state index >= 15 is 0 Å². The van der Waals surface area contributed by atoms with Crippen molar-refractivity contribution in [2.45, 2.75) is 0 Å². The van der Waals surface area contributed by atoms with Crippen molar-refractivity contribution in [2.75, 3.05) is 5.43 Å². The molecule has 3 heteroatoms. The van der Waals surface area contributed by atoms with Crippen molar-refractivity contribution in [1.29, 1.82) is 0 Å². The van der Waals surface area contributed by atoms with E-state index in [4.69, 9.17) is 0 Å². The van der Waals surface area contributed by atoms with Crippen LogP contribution in [0, 0.1) is 0 Å². The van der Waals surface area contributed by atoms with E-state index in [1.807, 2.05) is 36.4 Å². The Morgan fingerprint density at radius 2 is 1.62 bits per heavy atom. The van der Waals surface area contributed by atoms with Gasteiger partial charge in [0.25, 0.3) is 0 Å². The molecule has 0 heterocycles. The zero-order valence-electron chi connectivity index (χ0n) is 8.67. The van der Waals surface area contributed by atoms with Crippen LogP contribution < -0.4 is 5.43 Å². The van der Waals surface area contributed by atoms with Crippen LogP contribution in [0.5, 0.6) is 5.75 Å². The summed E-state index contributed by atoms with van der Waals surface area (Å²) in [5, 5.41) is 13.5. The van der Waals surface area contributed by atoms with Crippen LogP contribution in [-0.2, 0) is 0 Å². The Morgan fingerprint density at radius 3 is 2.38 bits per heavy atom. The molecule has 0 aliphatic rings. The summed E-state index contributed by atoms with van der Waals surface area (Å²) in [5.74, 6) is 0.188. The van der Waals surface area contributed by atoms with Gasteiger partial charge < -0.3 is 5.11 Å². The fourth-order valence-corrected chi connectivity index (χ4v) is 1.28. The number of nitrogens with zero attached hydrogens (tertiary/aromatic N) is 1. The summed E-state index contributed by atoms with van der Waals surface area (Å²) >= 11 is 0. The first kappa shape index (κ1) is 10.2. The molecule has 0 aromatic heterocycles. The van der Waals surface area contributed by atoms with Crippen LogP contribution in [0.25, 0.3) is 0 Å². The summed E-state index contributed by atoms with van der Waals surface area (Å²) in [6.07, 6.45) is 1.70. The second-order valence-corrected chi connectivity index (χ2v) is 3.30. The highest BCUT2D eigenvalue weighted by molar-refractivity contribution is 5.80. The first-order valence-corrected chi connectivity index (χ1v) is 4.98. The third kappa shape index (κ3) is 2.60. The summed E-state index contributed by atoms with van der Waals surface area (Å²) in [4.78, 5) is 0. The SMILES string of the molecule is Oc1ccccc1NN=Cc1ccccc1. The fourth-order valence-electron chi connectivity index (χ4n) is 1.28. The summed E-state index contributed by atoms with van der Waals surface area (Å²) < 4.78 is 0. The number of hydrogen-bond donors (Lipinski definition) is 2. The van der Waals surface area contributed by atoms with Crippen LogP contribution in [0.1, 0.15) is 5.56 Å². The molecular formula is C13H12N2O. The first-order chi connectivity index (χ1) is 7.86. The predicted molar refractivity (Wildman–Crippen MR) is 65.8 cm³/mol. The van der Waals surface area contributed by atoms with Crippen molar-refractivity contribution < 1.29 is 5.11 Å². The van der Waals surface area contributed by atoms with E-state index in [9.17, 15) is 5.11 Å². The van der Waals surface area contributed by atoms with Gasteiger partial charge in [-0.1, -0.05) is 42.5 Å². The normalized spacial score (nSPS) is 10.5. The van der Waals surface area contributed by atoms with Gasteiger partial charge in [0.2, 0.25) is 0 Å². The second kappa shape index (κ2) is 4.98. The molecule has 0 radical (unpaired) electrons. The van der Waals surface area contributed by atoms with E-state index in [1.54, 1.807) is 24.4 Å². The topological polar surface area (TPSA) is 44.6 Å². The van der Waals surface area contributed by atoms with Crippen molar-refractivity contribution in [2.24, 2.45) is 5.10 Å². The zero-order chi connectivity index (χ0) is 11.2. The summed E-state index contributed by atoms with van der Waals surface area (Å²) in [6.45, 7) is 0. The quantitative estimate of drug-likeness (QED) is 0.467. The van der Waals surface area contributed by atoms with Crippen LogP contribution in [0.2, 0.25) is 0 Å². The van der Waals surface area contributed by atoms with Gasteiger partial charge in [-0.2, -0.15) is 5.10 Å². The Hall–Kier alpha value is -2.29. The molecule has 0 saturated carbocycles. The molecule has 0 fully saturated rings. The smallest absolute Gasteiger partial charge is 0.140 e. The molecule has 0 aliphatic carbocycles. The summed E-state index contributed by atoms with van der Waals surface area (Å²) in [6, 6.07) is 16.7. The van der Waals surface area contributed by atoms with E-state index in [2.05, 4.69) is 10.5 Å². The number of benzene rings is 2. The van der Waals surface area contributed by atoms with Gasteiger partial charge in [-0.25, -0.2) is 0 Å². The number of anilines is 1. The molecule has 0 atom stereocenters. The number of para-hydroxylation sites is 2. The number of aromatic hydroxyl groups is 1. The van der Waals surface area contributed by atoms with Crippen LogP contribution in [0.4, 0.5) is 5.69 Å². The highest BCUT2D eigenvalue weighted by Crippen LogP contribution is 2.21. The van der Waals surface area contributed by atoms with Gasteiger partial charge >= 0.3 is 0 Å². The molecule has 2 aromatic carbocycles. The molecule has 2 aromatic rings. The number of phenolic OH excluding ortho intramolecular Hbond substituents is 1. The van der Waals surface area contributed by atoms with Crippen LogP contribution in [0.15, 0.2) is 59.7 Å². The van der Waals surface area contributed by atoms with E-state index in [-0.39, 0.29) is 5.75 Å². The summed E-state index contributed by atoms with van der Waals surface area (Å²) in [7, 11) is 0. The van der Waals surface area contributed by atoms with Gasteiger partial charge in [-0.05, 0) is 17.7 Å². The van der Waals surface area contributed by atoms with Crippen molar-refractivity contribution in [3.05, 3.63) is 60.2 Å². The molecule has 80 valence electrons. The molecule has 0 saturated heterocycles. The molecule has 0 aliphatic heterocycles. The van der Waals surface area contributed by atoms with Gasteiger partial charge in [0.15, 0.2) is 0 Å². The standard InChI is InChI=1S/C13H12N2O/c16-13-9-5-4-8-12(13)15-14-10-11-6-2-1-3-7-11/h1-10,15-16H. The van der Waals surface area contributed by atoms with Gasteiger partial charge in [-0.3, -0.25) is 5.43 Å². The Bertz CT molecular complexity index is 480. The molecule has 0 amide bonds. The maximum absolute atomic E-state index is 9.47. The largest absolute Gasteiger partial charge is 0.506 e. The molecule has 0 unspecified atom stereocenters. The lowest BCUT2D eigenvalue weighted by Gasteiger charge is -2.01. The minimum absolute atomic E-state index is 0.188. The molecule has 2 N–H and O–H groups in total. The van der Waals surface area contributed by atoms with Gasteiger partial charge in [0, 0.05) is 0 Å². The van der Waals surface area contributed by atoms with Crippen molar-refractivity contribution in [1.82, 2.24) is 0 Å². The highest BCUT2D eigenvalue weighted by Gasteiger charge is 1.95. The van der Waals surface area contributed by atoms with Gasteiger partial charge in [0.05, 0.1) is 11.9 Å². The Morgan fingerprint density at radius 1 is 0.938 bits per heavy atom. The Kier molecular flexibility index (Phi) is 3.18. The van der Waals surface area contributed by atoms with Crippen molar-refractivity contribution in [3.8, 4) is 5.75 Å². The molecule has 3 nitrogen and oxygen atoms in total. The minimum atomic E-state index is 0.188. The zero-order valence-corrected chi connectivity index (χ0v) is 8.67. The van der Waals surface area contributed by atoms with Crippen molar-refractivity contribution >= 4 is 11.9 Å². The van der Waals surface area contributed by atoms with Gasteiger partial charge in [0.1, 0.15) is 5.75 Å². The number of phenols is 1. The number of hydrogen-bond acceptors (Lipinski definition) is 3. The lowest BCUT2D eigenvalue weighted by atomic mass is 10.2. The number of rotatable bonds is 3. The van der Waals surface area contributed by atoms with Crippen LogP contribution >= 0.6 is 0 Å². The molecule has 0 spiro atoms. The van der Waals surface area contributed by atoms with Crippen molar-refractivity contribution in [3.63, 3.8) is 0 Å². The van der Waals surface area contributed by atoms with E-state index in [0.29, 0.717) is 5.69 Å². The van der Waals surface area contributed by atoms with E-state index in [0.717, 1.165) is 5.56 Å². The Labute approximate surface area is 94.1 Å².